The highest BCUT2D eigenvalue weighted by Gasteiger charge is 2.07. The molecule has 14 heavy (non-hydrogen) atoms. The third kappa shape index (κ3) is 3.15. The number of halogens is 5. The number of hydrogen-bond acceptors (Lipinski definition) is 1. The first-order valence-corrected chi connectivity index (χ1v) is 4.80. The molecule has 0 saturated heterocycles. The normalized spacial score (nSPS) is 10.7. The van der Waals surface area contributed by atoms with Crippen LogP contribution in [-0.4, -0.2) is 13.0 Å². The molecule has 0 aliphatic carbocycles. The lowest BCUT2D eigenvalue weighted by molar-refractivity contribution is 0.163. The molecule has 0 unspecified atom stereocenters. The van der Waals surface area contributed by atoms with E-state index in [9.17, 15) is 8.78 Å². The van der Waals surface area contributed by atoms with E-state index in [2.05, 4.69) is 5.32 Å². The SMILES string of the molecule is FC(F)CNc1cc(Cl)c(Cl)cc1Cl. The molecule has 0 fully saturated rings. The smallest absolute Gasteiger partial charge is 0.255 e. The van der Waals surface area contributed by atoms with Crippen LogP contribution in [0.3, 0.4) is 0 Å². The van der Waals surface area contributed by atoms with Gasteiger partial charge in [0.25, 0.3) is 6.43 Å². The van der Waals surface area contributed by atoms with Gasteiger partial charge in [0.1, 0.15) is 0 Å². The molecule has 0 bridgehead atoms. The second-order valence-corrected chi connectivity index (χ2v) is 3.74. The minimum absolute atomic E-state index is 0.264. The van der Waals surface area contributed by atoms with Crippen molar-refractivity contribution in [3.8, 4) is 0 Å². The zero-order valence-electron chi connectivity index (χ0n) is 6.83. The van der Waals surface area contributed by atoms with E-state index in [1.807, 2.05) is 0 Å². The van der Waals surface area contributed by atoms with Crippen LogP contribution in [0.5, 0.6) is 0 Å². The maximum Gasteiger partial charge on any atom is 0.255 e. The summed E-state index contributed by atoms with van der Waals surface area (Å²) in [6.45, 7) is -0.475. The maximum atomic E-state index is 11.9. The molecule has 78 valence electrons. The lowest BCUT2D eigenvalue weighted by Gasteiger charge is -2.08. The summed E-state index contributed by atoms with van der Waals surface area (Å²) in [4.78, 5) is 0. The summed E-state index contributed by atoms with van der Waals surface area (Å²) in [6, 6.07) is 2.81. The predicted molar refractivity (Wildman–Crippen MR) is 56.0 cm³/mol. The van der Waals surface area contributed by atoms with Gasteiger partial charge in [-0.3, -0.25) is 0 Å². The third-order valence-electron chi connectivity index (χ3n) is 1.46. The Morgan fingerprint density at radius 1 is 1.07 bits per heavy atom. The average molecular weight is 260 g/mol. The van der Waals surface area contributed by atoms with Crippen molar-refractivity contribution in [1.82, 2.24) is 0 Å². The highest BCUT2D eigenvalue weighted by atomic mass is 35.5. The van der Waals surface area contributed by atoms with Crippen LogP contribution in [0.4, 0.5) is 14.5 Å². The first-order valence-electron chi connectivity index (χ1n) is 3.67. The van der Waals surface area contributed by atoms with Crippen LogP contribution in [0.1, 0.15) is 0 Å². The Morgan fingerprint density at radius 3 is 2.21 bits per heavy atom. The third-order valence-corrected chi connectivity index (χ3v) is 2.49. The van der Waals surface area contributed by atoms with Gasteiger partial charge in [-0.2, -0.15) is 0 Å². The van der Waals surface area contributed by atoms with Gasteiger partial charge in [-0.1, -0.05) is 34.8 Å². The van der Waals surface area contributed by atoms with Gasteiger partial charge in [-0.25, -0.2) is 8.78 Å². The van der Waals surface area contributed by atoms with Crippen molar-refractivity contribution in [1.29, 1.82) is 0 Å². The van der Waals surface area contributed by atoms with Crippen molar-refractivity contribution in [2.24, 2.45) is 0 Å². The zero-order chi connectivity index (χ0) is 10.7. The summed E-state index contributed by atoms with van der Waals surface area (Å²) < 4.78 is 23.7. The number of nitrogens with one attached hydrogen (secondary N) is 1. The molecular weight excluding hydrogens is 254 g/mol. The molecule has 0 aliphatic heterocycles. The molecule has 1 aromatic carbocycles. The van der Waals surface area contributed by atoms with Crippen LogP contribution in [0.25, 0.3) is 0 Å². The van der Waals surface area contributed by atoms with E-state index in [0.717, 1.165) is 0 Å². The molecular formula is C8H6Cl3F2N. The Kier molecular flexibility index (Phi) is 4.23. The van der Waals surface area contributed by atoms with Crippen molar-refractivity contribution < 1.29 is 8.78 Å². The lowest BCUT2D eigenvalue weighted by Crippen LogP contribution is -2.10. The molecule has 0 radical (unpaired) electrons. The van der Waals surface area contributed by atoms with Crippen LogP contribution in [-0.2, 0) is 0 Å². The van der Waals surface area contributed by atoms with E-state index in [1.54, 1.807) is 0 Å². The highest BCUT2D eigenvalue weighted by molar-refractivity contribution is 6.44. The van der Waals surface area contributed by atoms with E-state index >= 15 is 0 Å². The first-order chi connectivity index (χ1) is 6.50. The number of alkyl halides is 2. The Morgan fingerprint density at radius 2 is 1.64 bits per heavy atom. The van der Waals surface area contributed by atoms with Crippen molar-refractivity contribution in [3.63, 3.8) is 0 Å². The molecule has 0 aromatic heterocycles. The second kappa shape index (κ2) is 5.01. The van der Waals surface area contributed by atoms with E-state index in [0.29, 0.717) is 10.7 Å². The molecule has 0 spiro atoms. The second-order valence-electron chi connectivity index (χ2n) is 2.52. The van der Waals surface area contributed by atoms with Gasteiger partial charge in [-0.05, 0) is 12.1 Å². The highest BCUT2D eigenvalue weighted by Crippen LogP contribution is 2.32. The predicted octanol–water partition coefficient (Wildman–Crippen LogP) is 4.32. The average Bonchev–Trinajstić information content (AvgIpc) is 2.09. The van der Waals surface area contributed by atoms with E-state index in [1.165, 1.54) is 12.1 Å². The van der Waals surface area contributed by atoms with Crippen LogP contribution < -0.4 is 5.32 Å². The van der Waals surface area contributed by atoms with Gasteiger partial charge in [0.2, 0.25) is 0 Å². The topological polar surface area (TPSA) is 12.0 Å². The molecule has 0 heterocycles. The molecule has 0 amide bonds. The molecule has 1 aromatic rings. The lowest BCUT2D eigenvalue weighted by atomic mass is 10.3. The van der Waals surface area contributed by atoms with Gasteiger partial charge >= 0.3 is 0 Å². The van der Waals surface area contributed by atoms with Gasteiger partial charge in [-0.15, -0.1) is 0 Å². The Hall–Kier alpha value is -0.250. The molecule has 0 aliphatic rings. The zero-order valence-corrected chi connectivity index (χ0v) is 9.10. The number of benzene rings is 1. The van der Waals surface area contributed by atoms with Crippen LogP contribution in [0.15, 0.2) is 12.1 Å². The van der Waals surface area contributed by atoms with Crippen molar-refractivity contribution in [2.45, 2.75) is 6.43 Å². The number of hydrogen-bond donors (Lipinski definition) is 1. The van der Waals surface area contributed by atoms with E-state index in [-0.39, 0.29) is 10.0 Å². The van der Waals surface area contributed by atoms with Gasteiger partial charge in [0, 0.05) is 0 Å². The van der Waals surface area contributed by atoms with Crippen LogP contribution >= 0.6 is 34.8 Å². The Balaban J connectivity index is 2.82. The molecule has 0 saturated carbocycles. The van der Waals surface area contributed by atoms with Crippen molar-refractivity contribution in [2.75, 3.05) is 11.9 Å². The van der Waals surface area contributed by atoms with Crippen LogP contribution in [0.2, 0.25) is 15.1 Å². The van der Waals surface area contributed by atoms with Gasteiger partial charge in [0.05, 0.1) is 27.3 Å². The maximum absolute atomic E-state index is 11.9. The fraction of sp³-hybridized carbons (Fsp3) is 0.250. The summed E-state index contributed by atoms with van der Waals surface area (Å²) in [6.07, 6.45) is -2.44. The Bertz CT molecular complexity index is 331. The monoisotopic (exact) mass is 259 g/mol. The standard InChI is InChI=1S/C8H6Cl3F2N/c9-4-1-6(11)7(2-5(4)10)14-3-8(12)13/h1-2,8,14H,3H2. The van der Waals surface area contributed by atoms with Gasteiger partial charge < -0.3 is 5.32 Å². The summed E-state index contributed by atoms with van der Waals surface area (Å²) in [5.41, 5.74) is 0.348. The van der Waals surface area contributed by atoms with Gasteiger partial charge in [0.15, 0.2) is 0 Å². The summed E-state index contributed by atoms with van der Waals surface area (Å²) >= 11 is 17.1. The van der Waals surface area contributed by atoms with E-state index in [4.69, 9.17) is 34.8 Å². The molecule has 6 heteroatoms. The minimum atomic E-state index is -2.44. The summed E-state index contributed by atoms with van der Waals surface area (Å²) in [5.74, 6) is 0. The summed E-state index contributed by atoms with van der Waals surface area (Å²) in [7, 11) is 0. The quantitative estimate of drug-likeness (QED) is 0.798. The van der Waals surface area contributed by atoms with Crippen molar-refractivity contribution in [3.05, 3.63) is 27.2 Å². The van der Waals surface area contributed by atoms with E-state index < -0.39 is 13.0 Å². The Labute approximate surface area is 95.0 Å². The number of rotatable bonds is 3. The fourth-order valence-electron chi connectivity index (χ4n) is 0.845. The molecule has 0 atom stereocenters. The first kappa shape index (κ1) is 11.8. The minimum Gasteiger partial charge on any atom is -0.378 e. The molecule has 1 nitrogen and oxygen atoms in total. The van der Waals surface area contributed by atoms with Crippen molar-refractivity contribution >= 4 is 40.5 Å². The molecule has 1 rings (SSSR count). The van der Waals surface area contributed by atoms with Crippen LogP contribution in [0, 0.1) is 0 Å². The molecule has 1 N–H and O–H groups in total. The number of anilines is 1. The summed E-state index contributed by atoms with van der Waals surface area (Å²) in [5, 5.41) is 3.28. The largest absolute Gasteiger partial charge is 0.378 e. The fourth-order valence-corrected chi connectivity index (χ4v) is 1.46.